The Hall–Kier alpha value is -3.20. The molecular weight excluding hydrogens is 490 g/mol. The van der Waals surface area contributed by atoms with Gasteiger partial charge in [-0.15, -0.1) is 6.58 Å². The molecule has 0 saturated carbocycles. The number of anilines is 1. The molecule has 0 saturated heterocycles. The normalized spacial score (nSPS) is 12.1. The molecule has 4 aromatic rings. The number of aromatic nitrogens is 1. The number of hydrogen-bond donors (Lipinski definition) is 1. The number of carbonyl (C=O) groups is 1. The average molecular weight is 512 g/mol. The first kappa shape index (κ1) is 23.9. The smallest absolute Gasteiger partial charge is 0.279 e. The zero-order chi connectivity index (χ0) is 24.3. The Bertz CT molecular complexity index is 1550. The lowest BCUT2D eigenvalue weighted by molar-refractivity contribution is 0.0998. The van der Waals surface area contributed by atoms with E-state index in [9.17, 15) is 13.2 Å². The van der Waals surface area contributed by atoms with E-state index < -0.39 is 15.9 Å². The molecule has 1 N–H and O–H groups in total. The van der Waals surface area contributed by atoms with Crippen LogP contribution in [0.3, 0.4) is 0 Å². The molecule has 174 valence electrons. The number of rotatable bonds is 7. The minimum absolute atomic E-state index is 0.0699. The lowest BCUT2D eigenvalue weighted by Gasteiger charge is -2.09. The molecule has 0 unspecified atom stereocenters. The molecule has 1 heterocycles. The maximum absolute atomic E-state index is 13.0. The molecule has 9 heteroatoms. The third kappa shape index (κ3) is 5.14. The standard InChI is InChI=1S/C25H22ClN3O3S2/c1-3-14-29-22-13-8-17(4-2)15-23(22)33-25(29)27-24(30)18-6-5-7-20(16-18)28-34(31,32)21-11-9-19(26)10-12-21/h3,5-13,15-16,28H,1,4,14H2,2H3. The van der Waals surface area contributed by atoms with Crippen molar-refractivity contribution >= 4 is 54.8 Å². The van der Waals surface area contributed by atoms with Crippen LogP contribution in [0, 0.1) is 0 Å². The van der Waals surface area contributed by atoms with Crippen LogP contribution in [0.25, 0.3) is 10.2 Å². The summed E-state index contributed by atoms with van der Waals surface area (Å²) in [5.41, 5.74) is 2.73. The minimum Gasteiger partial charge on any atom is -0.312 e. The van der Waals surface area contributed by atoms with Crippen molar-refractivity contribution in [2.24, 2.45) is 4.99 Å². The Balaban J connectivity index is 1.67. The number of nitrogens with one attached hydrogen (secondary N) is 1. The second kappa shape index (κ2) is 9.97. The van der Waals surface area contributed by atoms with Gasteiger partial charge in [0.2, 0.25) is 0 Å². The molecular formula is C25H22ClN3O3S2. The van der Waals surface area contributed by atoms with Crippen LogP contribution in [0.5, 0.6) is 0 Å². The largest absolute Gasteiger partial charge is 0.312 e. The number of aryl methyl sites for hydroxylation is 1. The molecule has 0 aliphatic heterocycles. The number of fused-ring (bicyclic) bond motifs is 1. The van der Waals surface area contributed by atoms with Crippen molar-refractivity contribution in [1.82, 2.24) is 4.57 Å². The highest BCUT2D eigenvalue weighted by Gasteiger charge is 2.15. The second-order valence-electron chi connectivity index (χ2n) is 7.50. The van der Waals surface area contributed by atoms with Crippen molar-refractivity contribution < 1.29 is 13.2 Å². The molecule has 4 rings (SSSR count). The number of halogens is 1. The van der Waals surface area contributed by atoms with Crippen LogP contribution in [-0.2, 0) is 23.0 Å². The van der Waals surface area contributed by atoms with Crippen LogP contribution < -0.4 is 9.52 Å². The van der Waals surface area contributed by atoms with Crippen LogP contribution in [0.15, 0.2) is 89.3 Å². The first-order chi connectivity index (χ1) is 16.3. The lowest BCUT2D eigenvalue weighted by atomic mass is 10.2. The molecule has 34 heavy (non-hydrogen) atoms. The third-order valence-corrected chi connectivity index (χ3v) is 7.84. The van der Waals surface area contributed by atoms with Gasteiger partial charge >= 0.3 is 0 Å². The summed E-state index contributed by atoms with van der Waals surface area (Å²) in [5.74, 6) is -0.465. The molecule has 0 fully saturated rings. The Morgan fingerprint density at radius 3 is 2.62 bits per heavy atom. The highest BCUT2D eigenvalue weighted by atomic mass is 35.5. The van der Waals surface area contributed by atoms with Gasteiger partial charge in [0, 0.05) is 22.8 Å². The van der Waals surface area contributed by atoms with Gasteiger partial charge in [-0.2, -0.15) is 4.99 Å². The van der Waals surface area contributed by atoms with E-state index in [1.165, 1.54) is 47.2 Å². The maximum atomic E-state index is 13.0. The number of thiazole rings is 1. The molecule has 3 aromatic carbocycles. The van der Waals surface area contributed by atoms with E-state index >= 15 is 0 Å². The lowest BCUT2D eigenvalue weighted by Crippen LogP contribution is -2.16. The van der Waals surface area contributed by atoms with Gasteiger partial charge in [0.15, 0.2) is 4.80 Å². The van der Waals surface area contributed by atoms with Gasteiger partial charge in [-0.1, -0.05) is 48.1 Å². The van der Waals surface area contributed by atoms with Crippen LogP contribution in [0.2, 0.25) is 5.02 Å². The van der Waals surface area contributed by atoms with Crippen molar-refractivity contribution in [3.8, 4) is 0 Å². The fourth-order valence-electron chi connectivity index (χ4n) is 3.42. The van der Waals surface area contributed by atoms with Crippen molar-refractivity contribution in [3.63, 3.8) is 0 Å². The van der Waals surface area contributed by atoms with Gasteiger partial charge in [0.25, 0.3) is 15.9 Å². The van der Waals surface area contributed by atoms with Gasteiger partial charge in [-0.05, 0) is 66.6 Å². The summed E-state index contributed by atoms with van der Waals surface area (Å²) in [6, 6.07) is 18.3. The quantitative estimate of drug-likeness (QED) is 0.326. The Labute approximate surface area is 206 Å². The molecule has 0 spiro atoms. The number of sulfonamides is 1. The maximum Gasteiger partial charge on any atom is 0.279 e. The Kier molecular flexibility index (Phi) is 7.02. The van der Waals surface area contributed by atoms with E-state index in [-0.39, 0.29) is 16.1 Å². The summed E-state index contributed by atoms with van der Waals surface area (Å²) >= 11 is 7.28. The van der Waals surface area contributed by atoms with Crippen molar-refractivity contribution in [2.75, 3.05) is 4.72 Å². The molecule has 1 amide bonds. The summed E-state index contributed by atoms with van der Waals surface area (Å²) < 4.78 is 30.8. The van der Waals surface area contributed by atoms with Gasteiger partial charge in [0.05, 0.1) is 15.1 Å². The van der Waals surface area contributed by atoms with Crippen molar-refractivity contribution in [1.29, 1.82) is 0 Å². The second-order valence-corrected chi connectivity index (χ2v) is 10.6. The van der Waals surface area contributed by atoms with E-state index in [1.54, 1.807) is 24.3 Å². The Morgan fingerprint density at radius 1 is 1.15 bits per heavy atom. The van der Waals surface area contributed by atoms with Crippen LogP contribution >= 0.6 is 22.9 Å². The van der Waals surface area contributed by atoms with Crippen molar-refractivity contribution in [2.45, 2.75) is 24.8 Å². The predicted octanol–water partition coefficient (Wildman–Crippen LogP) is 5.65. The SMILES string of the molecule is C=CCn1c(=NC(=O)c2cccc(NS(=O)(=O)c3ccc(Cl)cc3)c2)sc2cc(CC)ccc21. The first-order valence-corrected chi connectivity index (χ1v) is 13.2. The van der Waals surface area contributed by atoms with Crippen LogP contribution in [-0.4, -0.2) is 18.9 Å². The van der Waals surface area contributed by atoms with Crippen LogP contribution in [0.4, 0.5) is 5.69 Å². The topological polar surface area (TPSA) is 80.5 Å². The molecule has 0 radical (unpaired) electrons. The number of amides is 1. The number of benzene rings is 3. The summed E-state index contributed by atoms with van der Waals surface area (Å²) in [6.07, 6.45) is 2.68. The van der Waals surface area contributed by atoms with E-state index in [1.807, 2.05) is 10.6 Å². The molecule has 0 bridgehead atoms. The highest BCUT2D eigenvalue weighted by Crippen LogP contribution is 2.21. The summed E-state index contributed by atoms with van der Waals surface area (Å²) in [6.45, 7) is 6.42. The average Bonchev–Trinajstić information content (AvgIpc) is 3.15. The van der Waals surface area contributed by atoms with Crippen LogP contribution in [0.1, 0.15) is 22.8 Å². The monoisotopic (exact) mass is 511 g/mol. The molecule has 6 nitrogen and oxygen atoms in total. The van der Waals surface area contributed by atoms with Gasteiger partial charge in [-0.3, -0.25) is 9.52 Å². The number of nitrogens with zero attached hydrogens (tertiary/aromatic N) is 2. The van der Waals surface area contributed by atoms with E-state index in [0.29, 0.717) is 16.4 Å². The fourth-order valence-corrected chi connectivity index (χ4v) is 5.70. The van der Waals surface area contributed by atoms with Gasteiger partial charge in [-0.25, -0.2) is 8.42 Å². The van der Waals surface area contributed by atoms with E-state index in [4.69, 9.17) is 11.6 Å². The van der Waals surface area contributed by atoms with Gasteiger partial charge < -0.3 is 4.57 Å². The molecule has 0 atom stereocenters. The zero-order valence-corrected chi connectivity index (χ0v) is 20.8. The molecule has 1 aromatic heterocycles. The predicted molar refractivity (Wildman–Crippen MR) is 138 cm³/mol. The minimum atomic E-state index is -3.83. The summed E-state index contributed by atoms with van der Waals surface area (Å²) in [7, 11) is -3.83. The van der Waals surface area contributed by atoms with E-state index in [0.717, 1.165) is 16.6 Å². The fraction of sp³-hybridized carbons (Fsp3) is 0.120. The number of carbonyl (C=O) groups excluding carboxylic acids is 1. The Morgan fingerprint density at radius 2 is 1.91 bits per heavy atom. The number of hydrogen-bond acceptors (Lipinski definition) is 4. The first-order valence-electron chi connectivity index (χ1n) is 10.5. The molecule has 0 aliphatic carbocycles. The van der Waals surface area contributed by atoms with Crippen molar-refractivity contribution in [3.05, 3.63) is 100 Å². The summed E-state index contributed by atoms with van der Waals surface area (Å²) in [5, 5.41) is 0.439. The highest BCUT2D eigenvalue weighted by molar-refractivity contribution is 7.92. The zero-order valence-electron chi connectivity index (χ0n) is 18.4. The van der Waals surface area contributed by atoms with E-state index in [2.05, 4.69) is 35.3 Å². The molecule has 0 aliphatic rings. The summed E-state index contributed by atoms with van der Waals surface area (Å²) in [4.78, 5) is 18.0. The third-order valence-electron chi connectivity index (χ3n) is 5.15. The number of allylic oxidation sites excluding steroid dienone is 1. The van der Waals surface area contributed by atoms with Gasteiger partial charge in [0.1, 0.15) is 0 Å².